The van der Waals surface area contributed by atoms with E-state index in [1.165, 1.54) is 44.2 Å². The maximum Gasteiger partial charge on any atom is 0.255 e. The van der Waals surface area contributed by atoms with Crippen molar-refractivity contribution in [2.24, 2.45) is 5.92 Å². The predicted octanol–water partition coefficient (Wildman–Crippen LogP) is 4.62. The SMILES string of the molecule is O=C(c1ccc(F)cc1I)N1CCCC1C1CCCCC1. The average molecular weight is 401 g/mol. The van der Waals surface area contributed by atoms with E-state index in [4.69, 9.17) is 0 Å². The van der Waals surface area contributed by atoms with Gasteiger partial charge in [-0.05, 0) is 72.4 Å². The van der Waals surface area contributed by atoms with E-state index in [2.05, 4.69) is 27.5 Å². The van der Waals surface area contributed by atoms with Crippen LogP contribution < -0.4 is 0 Å². The van der Waals surface area contributed by atoms with Crippen LogP contribution in [0.15, 0.2) is 18.2 Å². The molecule has 3 rings (SSSR count). The van der Waals surface area contributed by atoms with Gasteiger partial charge >= 0.3 is 0 Å². The molecule has 0 aromatic heterocycles. The molecule has 1 unspecified atom stereocenters. The molecule has 1 heterocycles. The Morgan fingerprint density at radius 2 is 1.90 bits per heavy atom. The first-order valence-electron chi connectivity index (χ1n) is 7.93. The minimum Gasteiger partial charge on any atom is -0.335 e. The maximum absolute atomic E-state index is 13.2. The van der Waals surface area contributed by atoms with E-state index in [9.17, 15) is 9.18 Å². The van der Waals surface area contributed by atoms with Gasteiger partial charge < -0.3 is 4.90 Å². The number of carbonyl (C=O) groups is 1. The van der Waals surface area contributed by atoms with Crippen molar-refractivity contribution >= 4 is 28.5 Å². The molecule has 114 valence electrons. The van der Waals surface area contributed by atoms with Crippen molar-refractivity contribution < 1.29 is 9.18 Å². The van der Waals surface area contributed by atoms with Crippen LogP contribution in [0.5, 0.6) is 0 Å². The van der Waals surface area contributed by atoms with Gasteiger partial charge in [0.25, 0.3) is 5.91 Å². The second-order valence-electron chi connectivity index (χ2n) is 6.23. The van der Waals surface area contributed by atoms with Crippen LogP contribution >= 0.6 is 22.6 Å². The van der Waals surface area contributed by atoms with Crippen LogP contribution in [0.1, 0.15) is 55.3 Å². The number of amides is 1. The molecule has 0 N–H and O–H groups in total. The van der Waals surface area contributed by atoms with Crippen molar-refractivity contribution in [3.8, 4) is 0 Å². The quantitative estimate of drug-likeness (QED) is 0.663. The van der Waals surface area contributed by atoms with E-state index in [0.717, 1.165) is 19.4 Å². The van der Waals surface area contributed by atoms with Gasteiger partial charge in [-0.1, -0.05) is 19.3 Å². The number of hydrogen-bond donors (Lipinski definition) is 0. The summed E-state index contributed by atoms with van der Waals surface area (Å²) < 4.78 is 13.9. The van der Waals surface area contributed by atoms with Gasteiger partial charge in [0, 0.05) is 16.2 Å². The molecule has 1 atom stereocenters. The minimum atomic E-state index is -0.277. The summed E-state index contributed by atoms with van der Waals surface area (Å²) in [6, 6.07) is 4.87. The fourth-order valence-corrected chi connectivity index (χ4v) is 4.58. The number of likely N-dealkylation sites (tertiary alicyclic amines) is 1. The van der Waals surface area contributed by atoms with E-state index < -0.39 is 0 Å². The number of benzene rings is 1. The van der Waals surface area contributed by atoms with E-state index in [1.807, 2.05) is 0 Å². The minimum absolute atomic E-state index is 0.0903. The first-order valence-corrected chi connectivity index (χ1v) is 9.00. The highest BCUT2D eigenvalue weighted by molar-refractivity contribution is 14.1. The Balaban J connectivity index is 1.79. The Kier molecular flexibility index (Phi) is 4.82. The Labute approximate surface area is 139 Å². The third-order valence-electron chi connectivity index (χ3n) is 4.92. The summed E-state index contributed by atoms with van der Waals surface area (Å²) in [5.41, 5.74) is 0.653. The van der Waals surface area contributed by atoms with Gasteiger partial charge in [0.1, 0.15) is 5.82 Å². The number of hydrogen-bond acceptors (Lipinski definition) is 1. The standard InChI is InChI=1S/C17H21FINO/c18-13-8-9-14(15(19)11-13)17(21)20-10-4-7-16(20)12-5-2-1-3-6-12/h8-9,11-12,16H,1-7,10H2. The molecular weight excluding hydrogens is 380 g/mol. The van der Waals surface area contributed by atoms with E-state index >= 15 is 0 Å². The lowest BCUT2D eigenvalue weighted by molar-refractivity contribution is 0.0660. The van der Waals surface area contributed by atoms with Crippen LogP contribution in [0.4, 0.5) is 4.39 Å². The number of rotatable bonds is 2. The zero-order valence-corrected chi connectivity index (χ0v) is 14.3. The smallest absolute Gasteiger partial charge is 0.255 e. The van der Waals surface area contributed by atoms with Crippen molar-refractivity contribution in [3.63, 3.8) is 0 Å². The first kappa shape index (κ1) is 15.3. The van der Waals surface area contributed by atoms with E-state index in [-0.39, 0.29) is 11.7 Å². The third-order valence-corrected chi connectivity index (χ3v) is 5.81. The van der Waals surface area contributed by atoms with Crippen molar-refractivity contribution in [3.05, 3.63) is 33.1 Å². The lowest BCUT2D eigenvalue weighted by Gasteiger charge is -2.34. The molecular formula is C17H21FINO. The largest absolute Gasteiger partial charge is 0.335 e. The Morgan fingerprint density at radius 3 is 2.62 bits per heavy atom. The Morgan fingerprint density at radius 1 is 1.14 bits per heavy atom. The molecule has 1 aromatic rings. The summed E-state index contributed by atoms with van der Waals surface area (Å²) in [6.45, 7) is 0.855. The van der Waals surface area contributed by atoms with Gasteiger partial charge in [0.15, 0.2) is 0 Å². The molecule has 1 saturated heterocycles. The van der Waals surface area contributed by atoms with Crippen molar-refractivity contribution in [2.75, 3.05) is 6.54 Å². The first-order chi connectivity index (χ1) is 10.2. The van der Waals surface area contributed by atoms with E-state index in [1.54, 1.807) is 6.07 Å². The van der Waals surface area contributed by atoms with Crippen LogP contribution in [0.2, 0.25) is 0 Å². The number of halogens is 2. The lowest BCUT2D eigenvalue weighted by atomic mass is 9.83. The fourth-order valence-electron chi connectivity index (χ4n) is 3.87. The second-order valence-corrected chi connectivity index (χ2v) is 7.39. The van der Waals surface area contributed by atoms with Gasteiger partial charge in [-0.15, -0.1) is 0 Å². The number of nitrogens with zero attached hydrogens (tertiary/aromatic N) is 1. The van der Waals surface area contributed by atoms with Crippen LogP contribution in [0.3, 0.4) is 0 Å². The lowest BCUT2D eigenvalue weighted by Crippen LogP contribution is -2.41. The molecule has 1 aliphatic carbocycles. The van der Waals surface area contributed by atoms with Gasteiger partial charge in [-0.3, -0.25) is 4.79 Å². The molecule has 0 bridgehead atoms. The average Bonchev–Trinajstić information content (AvgIpc) is 2.97. The van der Waals surface area contributed by atoms with Gasteiger partial charge in [0.05, 0.1) is 5.56 Å². The Bertz CT molecular complexity index is 528. The van der Waals surface area contributed by atoms with Crippen molar-refractivity contribution in [1.82, 2.24) is 4.90 Å². The molecule has 1 saturated carbocycles. The van der Waals surface area contributed by atoms with Gasteiger partial charge in [-0.2, -0.15) is 0 Å². The summed E-state index contributed by atoms with van der Waals surface area (Å²) in [7, 11) is 0. The van der Waals surface area contributed by atoms with Crippen molar-refractivity contribution in [2.45, 2.75) is 51.0 Å². The van der Waals surface area contributed by atoms with Crippen LogP contribution in [0, 0.1) is 15.3 Å². The third kappa shape index (κ3) is 3.25. The van der Waals surface area contributed by atoms with E-state index in [0.29, 0.717) is 21.1 Å². The zero-order chi connectivity index (χ0) is 14.8. The van der Waals surface area contributed by atoms with Crippen LogP contribution in [0.25, 0.3) is 0 Å². The molecule has 21 heavy (non-hydrogen) atoms. The highest BCUT2D eigenvalue weighted by atomic mass is 127. The van der Waals surface area contributed by atoms with Crippen LogP contribution in [-0.4, -0.2) is 23.4 Å². The van der Waals surface area contributed by atoms with Crippen molar-refractivity contribution in [1.29, 1.82) is 0 Å². The molecule has 4 heteroatoms. The molecule has 1 aromatic carbocycles. The fraction of sp³-hybridized carbons (Fsp3) is 0.588. The maximum atomic E-state index is 13.2. The number of carbonyl (C=O) groups excluding carboxylic acids is 1. The molecule has 0 spiro atoms. The summed E-state index contributed by atoms with van der Waals surface area (Å²) >= 11 is 2.06. The zero-order valence-electron chi connectivity index (χ0n) is 12.2. The summed E-state index contributed by atoms with van der Waals surface area (Å²) in [6.07, 6.45) is 8.70. The predicted molar refractivity (Wildman–Crippen MR) is 89.8 cm³/mol. The van der Waals surface area contributed by atoms with Gasteiger partial charge in [-0.25, -0.2) is 4.39 Å². The Hall–Kier alpha value is -0.650. The summed E-state index contributed by atoms with van der Waals surface area (Å²) in [5, 5.41) is 0. The highest BCUT2D eigenvalue weighted by Crippen LogP contribution is 2.35. The molecule has 1 aliphatic heterocycles. The highest BCUT2D eigenvalue weighted by Gasteiger charge is 2.35. The molecule has 2 fully saturated rings. The molecule has 2 aliphatic rings. The van der Waals surface area contributed by atoms with Gasteiger partial charge in [0.2, 0.25) is 0 Å². The molecule has 2 nitrogen and oxygen atoms in total. The van der Waals surface area contributed by atoms with Crippen LogP contribution in [-0.2, 0) is 0 Å². The topological polar surface area (TPSA) is 20.3 Å². The monoisotopic (exact) mass is 401 g/mol. The summed E-state index contributed by atoms with van der Waals surface area (Å²) in [5.74, 6) is 0.483. The molecule has 0 radical (unpaired) electrons. The normalized spacial score (nSPS) is 23.5. The summed E-state index contributed by atoms with van der Waals surface area (Å²) in [4.78, 5) is 14.9. The second kappa shape index (κ2) is 6.63. The molecule has 1 amide bonds.